The SMILES string of the molecule is COC(=O)c1cc(CN(C)Cc2cc(-c3ccccc3)no2)oc1C. The molecule has 0 saturated carbocycles. The second-order valence-corrected chi connectivity index (χ2v) is 5.89. The van der Waals surface area contributed by atoms with Crippen molar-refractivity contribution in [3.8, 4) is 11.3 Å². The summed E-state index contributed by atoms with van der Waals surface area (Å²) in [6.45, 7) is 2.87. The van der Waals surface area contributed by atoms with Gasteiger partial charge in [-0.2, -0.15) is 0 Å². The number of aryl methyl sites for hydroxylation is 1. The van der Waals surface area contributed by atoms with Crippen molar-refractivity contribution in [1.29, 1.82) is 0 Å². The first-order valence-corrected chi connectivity index (χ1v) is 7.94. The van der Waals surface area contributed by atoms with Crippen LogP contribution in [0.25, 0.3) is 11.3 Å². The summed E-state index contributed by atoms with van der Waals surface area (Å²) >= 11 is 0. The van der Waals surface area contributed by atoms with E-state index in [-0.39, 0.29) is 0 Å². The third kappa shape index (κ3) is 3.97. The molecular weight excluding hydrogens is 320 g/mol. The molecule has 6 nitrogen and oxygen atoms in total. The zero-order valence-electron chi connectivity index (χ0n) is 14.5. The van der Waals surface area contributed by atoms with Gasteiger partial charge in [-0.05, 0) is 20.0 Å². The molecule has 0 bridgehead atoms. The third-order valence-electron chi connectivity index (χ3n) is 3.85. The quantitative estimate of drug-likeness (QED) is 0.638. The lowest BCUT2D eigenvalue weighted by atomic mass is 10.1. The number of ether oxygens (including phenoxy) is 1. The minimum absolute atomic E-state index is 0.391. The van der Waals surface area contributed by atoms with E-state index < -0.39 is 5.97 Å². The molecule has 3 aromatic rings. The average molecular weight is 340 g/mol. The van der Waals surface area contributed by atoms with E-state index in [4.69, 9.17) is 13.7 Å². The number of rotatable bonds is 6. The molecule has 0 aliphatic carbocycles. The Morgan fingerprint density at radius 2 is 1.88 bits per heavy atom. The second kappa shape index (κ2) is 7.36. The van der Waals surface area contributed by atoms with Gasteiger partial charge in [-0.15, -0.1) is 0 Å². The third-order valence-corrected chi connectivity index (χ3v) is 3.85. The van der Waals surface area contributed by atoms with Crippen molar-refractivity contribution in [2.75, 3.05) is 14.2 Å². The number of furan rings is 1. The Hall–Kier alpha value is -2.86. The van der Waals surface area contributed by atoms with Crippen LogP contribution >= 0.6 is 0 Å². The van der Waals surface area contributed by atoms with Gasteiger partial charge in [0.05, 0.1) is 20.2 Å². The molecule has 0 fully saturated rings. The summed E-state index contributed by atoms with van der Waals surface area (Å²) in [6.07, 6.45) is 0. The van der Waals surface area contributed by atoms with Gasteiger partial charge in [0.15, 0.2) is 5.76 Å². The molecule has 0 saturated heterocycles. The zero-order valence-corrected chi connectivity index (χ0v) is 14.5. The number of carbonyl (C=O) groups is 1. The van der Waals surface area contributed by atoms with Gasteiger partial charge in [-0.1, -0.05) is 35.5 Å². The highest BCUT2D eigenvalue weighted by Gasteiger charge is 2.17. The van der Waals surface area contributed by atoms with E-state index in [0.717, 1.165) is 17.0 Å². The fourth-order valence-corrected chi connectivity index (χ4v) is 2.65. The lowest BCUT2D eigenvalue weighted by molar-refractivity contribution is 0.0599. The smallest absolute Gasteiger partial charge is 0.341 e. The van der Waals surface area contributed by atoms with Gasteiger partial charge >= 0.3 is 5.97 Å². The molecule has 1 aromatic carbocycles. The lowest BCUT2D eigenvalue weighted by Gasteiger charge is -2.12. The first kappa shape index (κ1) is 17.0. The van der Waals surface area contributed by atoms with E-state index in [0.29, 0.717) is 30.2 Å². The van der Waals surface area contributed by atoms with Crippen LogP contribution in [0.2, 0.25) is 0 Å². The topological polar surface area (TPSA) is 68.7 Å². The van der Waals surface area contributed by atoms with E-state index in [1.54, 1.807) is 13.0 Å². The van der Waals surface area contributed by atoms with E-state index >= 15 is 0 Å². The second-order valence-electron chi connectivity index (χ2n) is 5.89. The van der Waals surface area contributed by atoms with Crippen molar-refractivity contribution >= 4 is 5.97 Å². The zero-order chi connectivity index (χ0) is 17.8. The van der Waals surface area contributed by atoms with E-state index in [9.17, 15) is 4.79 Å². The average Bonchev–Trinajstić information content (AvgIpc) is 3.21. The van der Waals surface area contributed by atoms with Gasteiger partial charge in [-0.3, -0.25) is 4.90 Å². The summed E-state index contributed by atoms with van der Waals surface area (Å²) in [4.78, 5) is 13.7. The van der Waals surface area contributed by atoms with Crippen molar-refractivity contribution < 1.29 is 18.5 Å². The summed E-state index contributed by atoms with van der Waals surface area (Å²) in [5, 5.41) is 4.11. The lowest BCUT2D eigenvalue weighted by Crippen LogP contribution is -2.16. The predicted octanol–water partition coefficient (Wildman–Crippen LogP) is 3.66. The standard InChI is InChI=1S/C19H20N2O4/c1-13-17(19(22)23-3)9-15(24-13)11-21(2)12-16-10-18(20-25-16)14-7-5-4-6-8-14/h4-10H,11-12H2,1-3H3. The highest BCUT2D eigenvalue weighted by molar-refractivity contribution is 5.90. The van der Waals surface area contributed by atoms with Gasteiger partial charge < -0.3 is 13.7 Å². The maximum absolute atomic E-state index is 11.6. The van der Waals surface area contributed by atoms with E-state index in [1.807, 2.05) is 48.3 Å². The number of esters is 1. The Bertz CT molecular complexity index is 851. The fourth-order valence-electron chi connectivity index (χ4n) is 2.65. The summed E-state index contributed by atoms with van der Waals surface area (Å²) in [5.41, 5.74) is 2.28. The number of hydrogen-bond acceptors (Lipinski definition) is 6. The van der Waals surface area contributed by atoms with Gasteiger partial charge in [0.1, 0.15) is 22.8 Å². The minimum atomic E-state index is -0.391. The van der Waals surface area contributed by atoms with Crippen LogP contribution in [0.3, 0.4) is 0 Å². The predicted molar refractivity (Wildman–Crippen MR) is 91.9 cm³/mol. The molecule has 0 amide bonds. The molecule has 130 valence electrons. The van der Waals surface area contributed by atoms with Gasteiger partial charge in [0.25, 0.3) is 0 Å². The van der Waals surface area contributed by atoms with E-state index in [2.05, 4.69) is 5.16 Å². The molecule has 0 aliphatic heterocycles. The van der Waals surface area contributed by atoms with Gasteiger partial charge in [-0.25, -0.2) is 4.79 Å². The van der Waals surface area contributed by atoms with E-state index in [1.165, 1.54) is 7.11 Å². The molecule has 0 N–H and O–H groups in total. The molecule has 0 atom stereocenters. The Labute approximate surface area is 146 Å². The highest BCUT2D eigenvalue weighted by atomic mass is 16.5. The Morgan fingerprint density at radius 1 is 1.16 bits per heavy atom. The summed E-state index contributed by atoms with van der Waals surface area (Å²) in [5.74, 6) is 1.63. The molecule has 3 rings (SSSR count). The summed E-state index contributed by atoms with van der Waals surface area (Å²) < 4.78 is 15.8. The van der Waals surface area contributed by atoms with Crippen molar-refractivity contribution in [2.24, 2.45) is 0 Å². The van der Waals surface area contributed by atoms with Crippen molar-refractivity contribution in [3.05, 3.63) is 65.3 Å². The monoisotopic (exact) mass is 340 g/mol. The fraction of sp³-hybridized carbons (Fsp3) is 0.263. The van der Waals surface area contributed by atoms with Crippen LogP contribution < -0.4 is 0 Å². The van der Waals surface area contributed by atoms with Crippen molar-refractivity contribution in [1.82, 2.24) is 10.1 Å². The molecule has 2 aromatic heterocycles. The van der Waals surface area contributed by atoms with Crippen molar-refractivity contribution in [3.63, 3.8) is 0 Å². The van der Waals surface area contributed by atoms with Gasteiger partial charge in [0.2, 0.25) is 0 Å². The highest BCUT2D eigenvalue weighted by Crippen LogP contribution is 2.21. The number of hydrogen-bond donors (Lipinski definition) is 0. The number of nitrogens with zero attached hydrogens (tertiary/aromatic N) is 2. The summed E-state index contributed by atoms with van der Waals surface area (Å²) in [7, 11) is 3.30. The first-order chi connectivity index (χ1) is 12.1. The van der Waals surface area contributed by atoms with Crippen LogP contribution in [-0.2, 0) is 17.8 Å². The number of methoxy groups -OCH3 is 1. The Balaban J connectivity index is 1.64. The maximum atomic E-state index is 11.6. The van der Waals surface area contributed by atoms with Gasteiger partial charge in [0, 0.05) is 11.6 Å². The van der Waals surface area contributed by atoms with Crippen LogP contribution in [0, 0.1) is 6.92 Å². The molecule has 25 heavy (non-hydrogen) atoms. The largest absolute Gasteiger partial charge is 0.465 e. The number of carbonyl (C=O) groups excluding carboxylic acids is 1. The molecule has 6 heteroatoms. The summed E-state index contributed by atoms with van der Waals surface area (Å²) in [6, 6.07) is 13.5. The van der Waals surface area contributed by atoms with Crippen LogP contribution in [-0.4, -0.2) is 30.2 Å². The Morgan fingerprint density at radius 3 is 2.60 bits per heavy atom. The van der Waals surface area contributed by atoms with Crippen LogP contribution in [0.15, 0.2) is 51.4 Å². The molecule has 0 spiro atoms. The Kier molecular flexibility index (Phi) is 5.00. The molecule has 0 unspecified atom stereocenters. The number of aromatic nitrogens is 1. The van der Waals surface area contributed by atoms with Crippen molar-refractivity contribution in [2.45, 2.75) is 20.0 Å². The molecule has 0 aliphatic rings. The minimum Gasteiger partial charge on any atom is -0.465 e. The van der Waals surface area contributed by atoms with Crippen LogP contribution in [0.1, 0.15) is 27.6 Å². The van der Waals surface area contributed by atoms with Crippen LogP contribution in [0.5, 0.6) is 0 Å². The van der Waals surface area contributed by atoms with Crippen LogP contribution in [0.4, 0.5) is 0 Å². The first-order valence-electron chi connectivity index (χ1n) is 7.94. The molecular formula is C19H20N2O4. The molecule has 2 heterocycles. The number of benzene rings is 1. The normalized spacial score (nSPS) is 11.0. The maximum Gasteiger partial charge on any atom is 0.341 e. The molecule has 0 radical (unpaired) electrons.